The minimum absolute atomic E-state index is 0.796. The van der Waals surface area contributed by atoms with Crippen LogP contribution in [0.2, 0.25) is 0 Å². The molecule has 0 aliphatic rings. The number of ether oxygens (including phenoxy) is 1. The number of rotatable bonds is 8. The van der Waals surface area contributed by atoms with Gasteiger partial charge < -0.3 is 4.74 Å². The molecule has 0 aromatic carbocycles. The number of thioether (sulfide) groups is 1. The second-order valence-electron chi connectivity index (χ2n) is 3.34. The predicted octanol–water partition coefficient (Wildman–Crippen LogP) is 2.82. The average Bonchev–Trinajstić information content (AvgIpc) is 2.66. The summed E-state index contributed by atoms with van der Waals surface area (Å²) < 4.78 is 7.51. The molecule has 4 heteroatoms. The fourth-order valence-electron chi connectivity index (χ4n) is 1.27. The van der Waals surface area contributed by atoms with Gasteiger partial charge in [0.2, 0.25) is 0 Å². The molecule has 0 N–H and O–H groups in total. The van der Waals surface area contributed by atoms with Gasteiger partial charge in [-0.15, -0.1) is 0 Å². The minimum Gasteiger partial charge on any atom is -0.490 e. The maximum Gasteiger partial charge on any atom is 0.157 e. The summed E-state index contributed by atoms with van der Waals surface area (Å²) in [7, 11) is 0. The van der Waals surface area contributed by atoms with Crippen molar-refractivity contribution in [2.75, 3.05) is 18.1 Å². The zero-order valence-electron chi connectivity index (χ0n) is 9.61. The average molecular weight is 228 g/mol. The molecule has 0 aliphatic heterocycles. The Balaban J connectivity index is 2.14. The summed E-state index contributed by atoms with van der Waals surface area (Å²) in [5, 5.41) is 4.21. The molecule has 15 heavy (non-hydrogen) atoms. The van der Waals surface area contributed by atoms with Crippen LogP contribution in [0.1, 0.15) is 26.7 Å². The fraction of sp³-hybridized carbons (Fsp3) is 0.727. The minimum atomic E-state index is 0.796. The first-order chi connectivity index (χ1) is 7.36. The first-order valence-electron chi connectivity index (χ1n) is 5.59. The van der Waals surface area contributed by atoms with Crippen LogP contribution in [0.15, 0.2) is 12.4 Å². The van der Waals surface area contributed by atoms with Crippen LogP contribution in [0.25, 0.3) is 0 Å². The van der Waals surface area contributed by atoms with Gasteiger partial charge in [-0.1, -0.05) is 13.8 Å². The normalized spacial score (nSPS) is 10.5. The van der Waals surface area contributed by atoms with E-state index >= 15 is 0 Å². The molecule has 0 saturated carbocycles. The Morgan fingerprint density at radius 3 is 3.07 bits per heavy atom. The van der Waals surface area contributed by atoms with Crippen LogP contribution in [0, 0.1) is 0 Å². The molecule has 0 unspecified atom stereocenters. The number of aromatic nitrogens is 2. The topological polar surface area (TPSA) is 27.1 Å². The molecule has 0 atom stereocenters. The highest BCUT2D eigenvalue weighted by atomic mass is 32.2. The number of hydrogen-bond donors (Lipinski definition) is 0. The van der Waals surface area contributed by atoms with E-state index in [0.717, 1.165) is 31.7 Å². The molecule has 3 nitrogen and oxygen atoms in total. The van der Waals surface area contributed by atoms with Crippen LogP contribution in [0.3, 0.4) is 0 Å². The van der Waals surface area contributed by atoms with Gasteiger partial charge in [-0.05, 0) is 24.3 Å². The van der Waals surface area contributed by atoms with Crippen molar-refractivity contribution in [3.63, 3.8) is 0 Å². The lowest BCUT2D eigenvalue weighted by molar-refractivity contribution is 0.318. The van der Waals surface area contributed by atoms with E-state index in [9.17, 15) is 0 Å². The third kappa shape index (κ3) is 5.11. The Kier molecular flexibility index (Phi) is 6.32. The van der Waals surface area contributed by atoms with Gasteiger partial charge >= 0.3 is 0 Å². The zero-order chi connectivity index (χ0) is 10.9. The Hall–Kier alpha value is -0.640. The second kappa shape index (κ2) is 7.63. The molecule has 0 spiro atoms. The lowest BCUT2D eigenvalue weighted by Gasteiger charge is -2.02. The molecule has 1 aromatic rings. The summed E-state index contributed by atoms with van der Waals surface area (Å²) in [5.74, 6) is 3.26. The molecular formula is C11H20N2OS. The van der Waals surface area contributed by atoms with Crippen LogP contribution in [-0.4, -0.2) is 27.9 Å². The van der Waals surface area contributed by atoms with Gasteiger partial charge in [0.15, 0.2) is 5.75 Å². The number of hydrogen-bond acceptors (Lipinski definition) is 3. The first-order valence-corrected chi connectivity index (χ1v) is 6.75. The molecule has 0 amide bonds. The molecule has 0 aliphatic carbocycles. The van der Waals surface area contributed by atoms with Crippen molar-refractivity contribution in [1.29, 1.82) is 0 Å². The number of nitrogens with zero attached hydrogens (tertiary/aromatic N) is 2. The molecule has 0 radical (unpaired) electrons. The molecule has 86 valence electrons. The number of aryl methyl sites for hydroxylation is 1. The summed E-state index contributed by atoms with van der Waals surface area (Å²) in [6.45, 7) is 6.09. The van der Waals surface area contributed by atoms with Crippen LogP contribution >= 0.6 is 11.8 Å². The monoisotopic (exact) mass is 228 g/mol. The van der Waals surface area contributed by atoms with Gasteiger partial charge in [0.1, 0.15) is 0 Å². The van der Waals surface area contributed by atoms with Crippen molar-refractivity contribution >= 4 is 11.8 Å². The van der Waals surface area contributed by atoms with Gasteiger partial charge in [-0.2, -0.15) is 16.9 Å². The largest absolute Gasteiger partial charge is 0.490 e. The molecule has 1 heterocycles. The van der Waals surface area contributed by atoms with Gasteiger partial charge in [0, 0.05) is 6.54 Å². The third-order valence-corrected chi connectivity index (χ3v) is 2.95. The summed E-state index contributed by atoms with van der Waals surface area (Å²) in [6.07, 6.45) is 5.98. The molecule has 0 saturated heterocycles. The fourth-order valence-corrected chi connectivity index (χ4v) is 1.88. The van der Waals surface area contributed by atoms with Crippen LogP contribution in [0.5, 0.6) is 5.75 Å². The zero-order valence-corrected chi connectivity index (χ0v) is 10.4. The lowest BCUT2D eigenvalue weighted by atomic mass is 10.5. The Morgan fingerprint density at radius 2 is 2.33 bits per heavy atom. The molecule has 1 rings (SSSR count). The van der Waals surface area contributed by atoms with Crippen molar-refractivity contribution in [3.05, 3.63) is 12.4 Å². The van der Waals surface area contributed by atoms with Crippen molar-refractivity contribution in [2.24, 2.45) is 0 Å². The molecular weight excluding hydrogens is 208 g/mol. The Labute approximate surface area is 96.2 Å². The highest BCUT2D eigenvalue weighted by Crippen LogP contribution is 2.09. The van der Waals surface area contributed by atoms with Crippen LogP contribution in [0.4, 0.5) is 0 Å². The lowest BCUT2D eigenvalue weighted by Crippen LogP contribution is -1.98. The predicted molar refractivity (Wildman–Crippen MR) is 65.6 cm³/mol. The van der Waals surface area contributed by atoms with Crippen molar-refractivity contribution in [2.45, 2.75) is 33.2 Å². The Morgan fingerprint density at radius 1 is 1.47 bits per heavy atom. The smallest absolute Gasteiger partial charge is 0.157 e. The van der Waals surface area contributed by atoms with E-state index in [1.54, 1.807) is 6.20 Å². The van der Waals surface area contributed by atoms with Gasteiger partial charge in [0.05, 0.1) is 19.0 Å². The maximum absolute atomic E-state index is 5.58. The van der Waals surface area contributed by atoms with E-state index in [4.69, 9.17) is 4.74 Å². The van der Waals surface area contributed by atoms with E-state index in [1.807, 2.05) is 22.6 Å². The molecule has 0 bridgehead atoms. The second-order valence-corrected chi connectivity index (χ2v) is 4.73. The summed E-state index contributed by atoms with van der Waals surface area (Å²) >= 11 is 1.96. The van der Waals surface area contributed by atoms with E-state index in [-0.39, 0.29) is 0 Å². The SMILES string of the molecule is CCCn1cc(OCCCSCC)cn1. The Bertz CT molecular complexity index is 263. The third-order valence-electron chi connectivity index (χ3n) is 1.97. The van der Waals surface area contributed by atoms with Crippen molar-refractivity contribution < 1.29 is 4.74 Å². The van der Waals surface area contributed by atoms with Gasteiger partial charge in [-0.3, -0.25) is 4.68 Å². The van der Waals surface area contributed by atoms with Crippen LogP contribution in [-0.2, 0) is 6.54 Å². The van der Waals surface area contributed by atoms with E-state index in [2.05, 4.69) is 18.9 Å². The quantitative estimate of drug-likeness (QED) is 0.640. The highest BCUT2D eigenvalue weighted by molar-refractivity contribution is 7.99. The standard InChI is InChI=1S/C11H20N2OS/c1-3-6-13-10-11(9-12-13)14-7-5-8-15-4-2/h9-10H,3-8H2,1-2H3. The molecule has 0 fully saturated rings. The van der Waals surface area contributed by atoms with Gasteiger partial charge in [0.25, 0.3) is 0 Å². The van der Waals surface area contributed by atoms with E-state index in [1.165, 1.54) is 11.5 Å². The van der Waals surface area contributed by atoms with Crippen LogP contribution < -0.4 is 4.74 Å². The summed E-state index contributed by atoms with van der Waals surface area (Å²) in [5.41, 5.74) is 0. The highest BCUT2D eigenvalue weighted by Gasteiger charge is 1.98. The van der Waals surface area contributed by atoms with Crippen molar-refractivity contribution in [1.82, 2.24) is 9.78 Å². The van der Waals surface area contributed by atoms with Crippen molar-refractivity contribution in [3.8, 4) is 5.75 Å². The van der Waals surface area contributed by atoms with Gasteiger partial charge in [-0.25, -0.2) is 0 Å². The summed E-state index contributed by atoms with van der Waals surface area (Å²) in [4.78, 5) is 0. The molecule has 1 aromatic heterocycles. The van der Waals surface area contributed by atoms with E-state index < -0.39 is 0 Å². The summed E-state index contributed by atoms with van der Waals surface area (Å²) in [6, 6.07) is 0. The maximum atomic E-state index is 5.58. The first kappa shape index (κ1) is 12.4. The van der Waals surface area contributed by atoms with E-state index in [0.29, 0.717) is 0 Å².